The molecule has 8 aromatic rings. The zero-order valence-corrected chi connectivity index (χ0v) is 48.8. The molecule has 2 radical (unpaired) electrons. The van der Waals surface area contributed by atoms with Crippen molar-refractivity contribution in [1.29, 1.82) is 0 Å². The molecule has 5 aromatic carbocycles. The van der Waals surface area contributed by atoms with Gasteiger partial charge >= 0.3 is 0 Å². The molecule has 0 aliphatic carbocycles. The van der Waals surface area contributed by atoms with Gasteiger partial charge in [0, 0.05) is 80.4 Å². The number of benzene rings is 5. The Morgan fingerprint density at radius 1 is 0.625 bits per heavy atom. The van der Waals surface area contributed by atoms with Crippen LogP contribution in [0.2, 0.25) is 0 Å². The summed E-state index contributed by atoms with van der Waals surface area (Å²) < 4.78 is 44.7. The maximum absolute atomic E-state index is 9.26. The summed E-state index contributed by atoms with van der Waals surface area (Å²) >= 11 is 0. The van der Waals surface area contributed by atoms with Crippen LogP contribution in [0.3, 0.4) is 0 Å². The van der Waals surface area contributed by atoms with E-state index < -0.39 is 0 Å². The van der Waals surface area contributed by atoms with Crippen LogP contribution in [0, 0.1) is 18.8 Å². The fourth-order valence-electron chi connectivity index (χ4n) is 10.3. The quantitative estimate of drug-likeness (QED) is 0.116. The summed E-state index contributed by atoms with van der Waals surface area (Å²) in [7, 11) is 4.28. The zero-order chi connectivity index (χ0) is 58.4. The van der Waals surface area contributed by atoms with Gasteiger partial charge in [0.1, 0.15) is 11.7 Å². The van der Waals surface area contributed by atoms with Gasteiger partial charge in [0.05, 0.1) is 5.48 Å². The largest absolute Gasteiger partial charge is 0.503 e. The Morgan fingerprint density at radius 2 is 1.24 bits per heavy atom. The average Bonchev–Trinajstić information content (AvgIpc) is 1.83. The minimum absolute atomic E-state index is 0. The van der Waals surface area contributed by atoms with E-state index in [0.29, 0.717) is 44.8 Å². The van der Waals surface area contributed by atoms with Gasteiger partial charge in [0.25, 0.3) is 0 Å². The van der Waals surface area contributed by atoms with Crippen molar-refractivity contribution in [2.45, 2.75) is 78.6 Å². The van der Waals surface area contributed by atoms with Crippen LogP contribution in [0.15, 0.2) is 207 Å². The number of fused-ring (bicyclic) bond motifs is 4. The summed E-state index contributed by atoms with van der Waals surface area (Å²) in [6.07, 6.45) is 25.6. The Hall–Kier alpha value is -8.06. The molecular weight excluding hydrogens is 1160 g/mol. The fraction of sp³-hybridized carbons (Fsp3) is 0.174. The second-order valence-corrected chi connectivity index (χ2v) is 22.7. The van der Waals surface area contributed by atoms with Gasteiger partial charge in [-0.2, -0.15) is 23.9 Å². The Labute approximate surface area is 494 Å². The number of allylic oxidation sites excluding steroid dienone is 8. The van der Waals surface area contributed by atoms with Gasteiger partial charge in [0.15, 0.2) is 14.6 Å². The molecular formula is C69H64B2N7OPt-3. The van der Waals surface area contributed by atoms with E-state index in [4.69, 9.17) is 17.4 Å². The van der Waals surface area contributed by atoms with Crippen molar-refractivity contribution in [3.63, 3.8) is 0 Å². The summed E-state index contributed by atoms with van der Waals surface area (Å²) in [5.41, 5.74) is 12.4. The molecule has 0 saturated carbocycles. The molecule has 11 heteroatoms. The number of ether oxygens (including phenoxy) is 1. The van der Waals surface area contributed by atoms with E-state index in [9.17, 15) is 2.74 Å². The minimum atomic E-state index is -0.335. The number of hydrogen-bond donors (Lipinski definition) is 2. The molecule has 11 rings (SSSR count). The third-order valence-corrected chi connectivity index (χ3v) is 14.1. The molecule has 0 atom stereocenters. The van der Waals surface area contributed by atoms with Crippen molar-refractivity contribution in [3.05, 3.63) is 253 Å². The van der Waals surface area contributed by atoms with Crippen molar-refractivity contribution in [2.24, 2.45) is 0 Å². The minimum Gasteiger partial charge on any atom is -0.503 e. The van der Waals surface area contributed by atoms with Crippen LogP contribution in [-0.4, -0.2) is 29.1 Å². The summed E-state index contributed by atoms with van der Waals surface area (Å²) in [5, 5.41) is 7.40. The van der Waals surface area contributed by atoms with Gasteiger partial charge in [-0.15, -0.1) is 36.1 Å². The number of pyridine rings is 2. The molecule has 2 N–H and O–H groups in total. The number of hydrogen-bond acceptors (Lipinski definition) is 7. The smallest absolute Gasteiger partial charge is 0.182 e. The van der Waals surface area contributed by atoms with Crippen LogP contribution in [-0.2, 0) is 37.3 Å². The Kier molecular flexibility index (Phi) is 14.4. The first-order chi connectivity index (χ1) is 39.8. The van der Waals surface area contributed by atoms with E-state index in [-0.39, 0.29) is 67.4 Å². The molecule has 6 heterocycles. The van der Waals surface area contributed by atoms with Gasteiger partial charge in [-0.25, -0.2) is 4.98 Å². The van der Waals surface area contributed by atoms with Crippen molar-refractivity contribution < 1.29 is 31.3 Å². The first-order valence-electron chi connectivity index (χ1n) is 28.7. The second-order valence-electron chi connectivity index (χ2n) is 22.7. The molecule has 0 saturated heterocycles. The molecule has 0 fully saturated rings. The molecule has 3 aliphatic rings. The summed E-state index contributed by atoms with van der Waals surface area (Å²) in [6.45, 7) is 21.9. The van der Waals surface area contributed by atoms with Crippen molar-refractivity contribution in [1.82, 2.24) is 25.2 Å². The fourth-order valence-corrected chi connectivity index (χ4v) is 10.3. The summed E-state index contributed by atoms with van der Waals surface area (Å²) in [5.74, 6) is 5.09. The first kappa shape index (κ1) is 50.2. The van der Waals surface area contributed by atoms with Crippen LogP contribution >= 0.6 is 0 Å². The van der Waals surface area contributed by atoms with Gasteiger partial charge in [-0.05, 0) is 115 Å². The molecule has 8 nitrogen and oxygen atoms in total. The predicted molar refractivity (Wildman–Crippen MR) is 332 cm³/mol. The topological polar surface area (TPSA) is 70.5 Å². The van der Waals surface area contributed by atoms with E-state index >= 15 is 0 Å². The SMILES string of the molecule is [2H]c1c([2H])c([2H])c2c(c1[2H])c1ccc(Oc3[c-]c(N4[CH-]N(c5c(/C6=C/C=C\N/C=C\C=C/[B]6)cccc5/C5=C/C=C\N/C=C\C=C/[B]5)c5ccccc54)cc(-c4c(C(C)(C)C)cccc4C(C)(C)C)n3)[c-]c1n2-c1cc(C(C)(C)C)ccn1.[Pt]. The maximum Gasteiger partial charge on any atom is 0.182 e. The molecule has 0 bridgehead atoms. The molecule has 3 aromatic heterocycles. The van der Waals surface area contributed by atoms with Crippen molar-refractivity contribution >= 4 is 70.1 Å². The number of aromatic nitrogens is 3. The van der Waals surface area contributed by atoms with Crippen LogP contribution in [0.25, 0.3) is 49.8 Å². The van der Waals surface area contributed by atoms with Gasteiger partial charge in [-0.1, -0.05) is 170 Å². The molecule has 3 aliphatic heterocycles. The molecule has 0 unspecified atom stereocenters. The Bertz CT molecular complexity index is 4030. The van der Waals surface area contributed by atoms with Crippen LogP contribution < -0.4 is 25.2 Å². The predicted octanol–water partition coefficient (Wildman–Crippen LogP) is 16.3. The first-order valence-corrected chi connectivity index (χ1v) is 26.7. The third kappa shape index (κ3) is 11.4. The second kappa shape index (κ2) is 23.0. The van der Waals surface area contributed by atoms with Gasteiger partial charge in [-0.3, -0.25) is 4.98 Å². The monoisotopic (exact) mass is 1230 g/mol. The van der Waals surface area contributed by atoms with Crippen LogP contribution in [0.4, 0.5) is 22.7 Å². The maximum atomic E-state index is 9.26. The van der Waals surface area contributed by atoms with E-state index in [2.05, 4.69) is 207 Å². The number of nitrogens with zero attached hydrogens (tertiary/aromatic N) is 5. The Morgan fingerprint density at radius 3 is 1.88 bits per heavy atom. The third-order valence-electron chi connectivity index (χ3n) is 14.1. The molecule has 400 valence electrons. The van der Waals surface area contributed by atoms with E-state index in [0.717, 1.165) is 61.4 Å². The number of para-hydroxylation sites is 4. The van der Waals surface area contributed by atoms with E-state index in [1.54, 1.807) is 16.8 Å². The van der Waals surface area contributed by atoms with Crippen molar-refractivity contribution in [2.75, 3.05) is 9.80 Å². The van der Waals surface area contributed by atoms with Gasteiger partial charge < -0.3 is 29.7 Å². The molecule has 80 heavy (non-hydrogen) atoms. The zero-order valence-electron chi connectivity index (χ0n) is 50.5. The standard InChI is InChI=1S/C69H64B2N7O.Pt/c1-67(2,3)47-34-41-74-63(42-47)78-59-29-11-10-22-50(59)51-33-32-49(45-62(51)78)79-64-44-48(43-58(75-64)65-54(68(4,5)6)25-19-26-55(65)69(7,8)9)76-46-77(61-31-13-12-30-60(61)76)66-52(56-27-20-39-72-37-16-14-35-70-56)23-18-24-53(66)57-28-21-40-73-38-17-15-36-71-57;/h10-43,46,72-73H,1-9H3;/q-3;/b35-14-,36-15-,37-16-,38-17-,39-20-,40-21-,56-27-,57-28-;/i10D,11D,22D,29D;. The molecule has 0 spiro atoms. The summed E-state index contributed by atoms with van der Waals surface area (Å²) in [4.78, 5) is 14.7. The van der Waals surface area contributed by atoms with Crippen LogP contribution in [0.5, 0.6) is 11.6 Å². The van der Waals surface area contributed by atoms with Crippen LogP contribution in [0.1, 0.15) is 95.6 Å². The van der Waals surface area contributed by atoms with E-state index in [1.165, 1.54) is 0 Å². The van der Waals surface area contributed by atoms with Crippen molar-refractivity contribution in [3.8, 4) is 28.7 Å². The Balaban J connectivity index is 0.00000786. The number of rotatable bonds is 8. The van der Waals surface area contributed by atoms with Gasteiger partial charge in [0.2, 0.25) is 0 Å². The average molecular weight is 1230 g/mol. The molecule has 0 amide bonds. The normalized spacial score (nSPS) is 19.0. The summed E-state index contributed by atoms with van der Waals surface area (Å²) in [6, 6.07) is 37.2. The number of nitrogens with one attached hydrogen (secondary N) is 2. The van der Waals surface area contributed by atoms with E-state index in [1.807, 2.05) is 79.5 Å². The number of anilines is 4.